The molecule has 0 aliphatic rings. The molecule has 10 heteroatoms. The van der Waals surface area contributed by atoms with E-state index in [-0.39, 0.29) is 18.5 Å². The lowest BCUT2D eigenvalue weighted by atomic mass is 10.1. The summed E-state index contributed by atoms with van der Waals surface area (Å²) in [5.41, 5.74) is -1.74. The fraction of sp³-hybridized carbons (Fsp3) is 0.353. The van der Waals surface area contributed by atoms with Gasteiger partial charge in [0.2, 0.25) is 5.82 Å². The Morgan fingerprint density at radius 3 is 2.63 bits per heavy atom. The maximum absolute atomic E-state index is 13.2. The number of rotatable bonds is 7. The lowest BCUT2D eigenvalue weighted by Crippen LogP contribution is -2.42. The number of pyridine rings is 1. The summed E-state index contributed by atoms with van der Waals surface area (Å²) in [6.07, 6.45) is 5.50. The van der Waals surface area contributed by atoms with E-state index in [4.69, 9.17) is 0 Å². The van der Waals surface area contributed by atoms with Gasteiger partial charge in [-0.25, -0.2) is 14.2 Å². The van der Waals surface area contributed by atoms with Crippen molar-refractivity contribution in [2.45, 2.75) is 32.2 Å². The molecule has 2 amide bonds. The average molecular weight is 377 g/mol. The highest BCUT2D eigenvalue weighted by Crippen LogP contribution is 2.04. The number of halogens is 1. The van der Waals surface area contributed by atoms with Crippen molar-refractivity contribution in [2.75, 3.05) is 6.54 Å². The second-order valence-electron chi connectivity index (χ2n) is 5.82. The quantitative estimate of drug-likeness (QED) is 0.652. The number of aromatic nitrogens is 3. The highest BCUT2D eigenvalue weighted by atomic mass is 19.1. The van der Waals surface area contributed by atoms with Crippen molar-refractivity contribution in [1.82, 2.24) is 25.2 Å². The first-order valence-electron chi connectivity index (χ1n) is 8.43. The first-order valence-corrected chi connectivity index (χ1v) is 8.43. The predicted molar refractivity (Wildman–Crippen MR) is 95.1 cm³/mol. The van der Waals surface area contributed by atoms with E-state index in [0.717, 1.165) is 6.42 Å². The van der Waals surface area contributed by atoms with Gasteiger partial charge in [0, 0.05) is 30.5 Å². The van der Waals surface area contributed by atoms with E-state index in [1.54, 1.807) is 17.1 Å². The van der Waals surface area contributed by atoms with Crippen molar-refractivity contribution in [3.63, 3.8) is 0 Å². The molecule has 0 fully saturated rings. The van der Waals surface area contributed by atoms with Crippen LogP contribution >= 0.6 is 0 Å². The smallest absolute Gasteiger partial charge is 0.336 e. The zero-order valence-corrected chi connectivity index (χ0v) is 14.7. The number of amides is 2. The van der Waals surface area contributed by atoms with Gasteiger partial charge in [0.1, 0.15) is 0 Å². The van der Waals surface area contributed by atoms with Crippen LogP contribution in [0.5, 0.6) is 0 Å². The van der Waals surface area contributed by atoms with Gasteiger partial charge in [0.05, 0.1) is 6.20 Å². The minimum absolute atomic E-state index is 0.146. The molecular weight excluding hydrogens is 357 g/mol. The molecule has 2 aromatic rings. The summed E-state index contributed by atoms with van der Waals surface area (Å²) >= 11 is 0. The third-order valence-corrected chi connectivity index (χ3v) is 3.80. The summed E-state index contributed by atoms with van der Waals surface area (Å²) in [7, 11) is 0. The Balaban J connectivity index is 1.93. The summed E-state index contributed by atoms with van der Waals surface area (Å²) in [6, 6.07) is 2.12. The Morgan fingerprint density at radius 1 is 1.26 bits per heavy atom. The third-order valence-electron chi connectivity index (χ3n) is 3.80. The minimum atomic E-state index is -1.24. The molecule has 0 aliphatic carbocycles. The number of carbonyl (C=O) groups is 2. The second-order valence-corrected chi connectivity index (χ2v) is 5.82. The highest BCUT2D eigenvalue weighted by molar-refractivity contribution is 5.94. The van der Waals surface area contributed by atoms with Crippen LogP contribution in [0, 0.1) is 5.82 Å². The average Bonchev–Trinajstić information content (AvgIpc) is 2.65. The second kappa shape index (κ2) is 9.41. The lowest BCUT2D eigenvalue weighted by Gasteiger charge is -2.18. The van der Waals surface area contributed by atoms with Crippen molar-refractivity contribution in [3.05, 3.63) is 62.9 Å². The van der Waals surface area contributed by atoms with Crippen molar-refractivity contribution in [1.29, 1.82) is 0 Å². The fourth-order valence-electron chi connectivity index (χ4n) is 2.45. The number of aromatic amines is 1. The first-order chi connectivity index (χ1) is 12.9. The standard InChI is InChI=1S/C17H20FN5O4/c1-2-3-12(21-14(24)11-4-7-19-8-5-11)6-9-20-16(26)23-10-13(18)15(25)22-17(23)27/h4-5,7-8,10,12H,2-3,6,9H2,1H3,(H,20,26)(H,21,24)(H,22,25,27). The Hall–Kier alpha value is -3.30. The van der Waals surface area contributed by atoms with Gasteiger partial charge in [-0.05, 0) is 25.0 Å². The molecular formula is C17H20FN5O4. The van der Waals surface area contributed by atoms with Crippen molar-refractivity contribution in [3.8, 4) is 0 Å². The van der Waals surface area contributed by atoms with E-state index >= 15 is 0 Å². The SMILES string of the molecule is CCCC(CCNC(=O)n1cc(F)c(=O)[nH]c1=O)NC(=O)c1ccncc1. The van der Waals surface area contributed by atoms with Crippen LogP contribution in [0.15, 0.2) is 40.3 Å². The molecule has 0 aliphatic heterocycles. The van der Waals surface area contributed by atoms with Crippen LogP contribution < -0.4 is 21.9 Å². The van der Waals surface area contributed by atoms with Gasteiger partial charge < -0.3 is 10.6 Å². The molecule has 27 heavy (non-hydrogen) atoms. The summed E-state index contributed by atoms with van der Waals surface area (Å²) in [6.45, 7) is 2.11. The molecule has 9 nitrogen and oxygen atoms in total. The number of nitrogens with zero attached hydrogens (tertiary/aromatic N) is 2. The van der Waals surface area contributed by atoms with Crippen LogP contribution in [-0.2, 0) is 0 Å². The van der Waals surface area contributed by atoms with Crippen LogP contribution in [0.2, 0.25) is 0 Å². The summed E-state index contributed by atoms with van der Waals surface area (Å²) in [5.74, 6) is -1.49. The first kappa shape index (κ1) is 20.0. The van der Waals surface area contributed by atoms with Crippen molar-refractivity contribution in [2.24, 2.45) is 0 Å². The molecule has 0 saturated heterocycles. The van der Waals surface area contributed by atoms with Gasteiger partial charge in [0.15, 0.2) is 0 Å². The summed E-state index contributed by atoms with van der Waals surface area (Å²) < 4.78 is 13.7. The van der Waals surface area contributed by atoms with E-state index in [2.05, 4.69) is 15.6 Å². The lowest BCUT2D eigenvalue weighted by molar-refractivity contribution is 0.0933. The third kappa shape index (κ3) is 5.59. The van der Waals surface area contributed by atoms with Gasteiger partial charge in [-0.1, -0.05) is 13.3 Å². The van der Waals surface area contributed by atoms with Crippen molar-refractivity contribution < 1.29 is 14.0 Å². The Labute approximate surface area is 153 Å². The Kier molecular flexibility index (Phi) is 6.98. The Morgan fingerprint density at radius 2 is 1.96 bits per heavy atom. The van der Waals surface area contributed by atoms with Crippen LogP contribution in [0.4, 0.5) is 9.18 Å². The van der Waals surface area contributed by atoms with E-state index in [1.165, 1.54) is 12.4 Å². The molecule has 0 bridgehead atoms. The highest BCUT2D eigenvalue weighted by Gasteiger charge is 2.15. The molecule has 2 aromatic heterocycles. The van der Waals surface area contributed by atoms with Crippen LogP contribution in [0.3, 0.4) is 0 Å². The fourth-order valence-corrected chi connectivity index (χ4v) is 2.45. The largest absolute Gasteiger partial charge is 0.349 e. The number of carbonyl (C=O) groups excluding carboxylic acids is 2. The van der Waals surface area contributed by atoms with Gasteiger partial charge in [0.25, 0.3) is 11.5 Å². The molecule has 2 rings (SSSR count). The van der Waals surface area contributed by atoms with Gasteiger partial charge >= 0.3 is 11.7 Å². The summed E-state index contributed by atoms with van der Waals surface area (Å²) in [5, 5.41) is 5.34. The molecule has 0 saturated carbocycles. The van der Waals surface area contributed by atoms with Crippen LogP contribution in [0.1, 0.15) is 36.5 Å². The minimum Gasteiger partial charge on any atom is -0.349 e. The zero-order chi connectivity index (χ0) is 19.8. The Bertz CT molecular complexity index is 910. The van der Waals surface area contributed by atoms with Crippen LogP contribution in [0.25, 0.3) is 0 Å². The van der Waals surface area contributed by atoms with Gasteiger partial charge in [-0.3, -0.25) is 19.6 Å². The number of H-pyrrole nitrogens is 1. The predicted octanol–water partition coefficient (Wildman–Crippen LogP) is 0.617. The molecule has 144 valence electrons. The molecule has 0 aromatic carbocycles. The van der Waals surface area contributed by atoms with Crippen molar-refractivity contribution >= 4 is 11.9 Å². The normalized spacial score (nSPS) is 11.6. The number of nitrogens with one attached hydrogen (secondary N) is 3. The maximum atomic E-state index is 13.2. The molecule has 3 N–H and O–H groups in total. The summed E-state index contributed by atoms with van der Waals surface area (Å²) in [4.78, 5) is 52.3. The van der Waals surface area contributed by atoms with E-state index < -0.39 is 23.1 Å². The van der Waals surface area contributed by atoms with E-state index in [1.807, 2.05) is 6.92 Å². The molecule has 1 unspecified atom stereocenters. The van der Waals surface area contributed by atoms with E-state index in [9.17, 15) is 23.6 Å². The van der Waals surface area contributed by atoms with Gasteiger partial charge in [-0.15, -0.1) is 0 Å². The topological polar surface area (TPSA) is 126 Å². The molecule has 0 radical (unpaired) electrons. The molecule has 1 atom stereocenters. The number of hydrogen-bond donors (Lipinski definition) is 3. The maximum Gasteiger partial charge on any atom is 0.336 e. The van der Waals surface area contributed by atoms with Crippen LogP contribution in [-0.4, -0.2) is 39.1 Å². The van der Waals surface area contributed by atoms with E-state index in [0.29, 0.717) is 29.2 Å². The van der Waals surface area contributed by atoms with Gasteiger partial charge in [-0.2, -0.15) is 4.39 Å². The zero-order valence-electron chi connectivity index (χ0n) is 14.7. The number of hydrogen-bond acceptors (Lipinski definition) is 5. The molecule has 2 heterocycles. The molecule has 0 spiro atoms. The monoisotopic (exact) mass is 377 g/mol.